The molecule has 0 amide bonds. The number of alkyl halides is 3. The number of hydrogen-bond donors (Lipinski definition) is 0. The summed E-state index contributed by atoms with van der Waals surface area (Å²) in [7, 11) is 0. The number of allylic oxidation sites excluding steroid dienone is 2. The van der Waals surface area contributed by atoms with Gasteiger partial charge in [0.25, 0.3) is 5.78 Å². The van der Waals surface area contributed by atoms with Crippen molar-refractivity contribution in [2.75, 3.05) is 0 Å². The van der Waals surface area contributed by atoms with Crippen LogP contribution in [-0.4, -0.2) is 12.0 Å². The summed E-state index contributed by atoms with van der Waals surface area (Å²) in [5.41, 5.74) is 0. The molecule has 0 atom stereocenters. The van der Waals surface area contributed by atoms with Crippen molar-refractivity contribution < 1.29 is 74.5 Å². The zero-order valence-corrected chi connectivity index (χ0v) is 9.15. The van der Waals surface area contributed by atoms with E-state index in [0.29, 0.717) is 0 Å². The van der Waals surface area contributed by atoms with Gasteiger partial charge in [-0.15, -0.1) is 5.76 Å². The standard InChI is InChI=1S/C5H5F3O2.K/c1-3(9)2-4(10)5(6,7)8;/h2,9H,1H3;/q;+1/p-1/b3-2-;. The van der Waals surface area contributed by atoms with E-state index in [2.05, 4.69) is 0 Å². The van der Waals surface area contributed by atoms with E-state index in [1.54, 1.807) is 0 Å². The van der Waals surface area contributed by atoms with Crippen LogP contribution in [0.2, 0.25) is 0 Å². The van der Waals surface area contributed by atoms with Crippen molar-refractivity contribution in [2.24, 2.45) is 0 Å². The van der Waals surface area contributed by atoms with Gasteiger partial charge in [-0.3, -0.25) is 4.79 Å². The first-order valence-corrected chi connectivity index (χ1v) is 2.30. The van der Waals surface area contributed by atoms with Gasteiger partial charge in [-0.05, 0) is 6.08 Å². The number of carbonyl (C=O) groups is 1. The van der Waals surface area contributed by atoms with E-state index in [0.717, 1.165) is 6.92 Å². The van der Waals surface area contributed by atoms with Crippen LogP contribution in [0.1, 0.15) is 6.92 Å². The van der Waals surface area contributed by atoms with Crippen LogP contribution in [0.15, 0.2) is 11.8 Å². The van der Waals surface area contributed by atoms with Crippen LogP contribution in [0.4, 0.5) is 13.2 Å². The molecule has 6 heteroatoms. The molecule has 0 unspecified atom stereocenters. The van der Waals surface area contributed by atoms with Crippen molar-refractivity contribution in [1.29, 1.82) is 0 Å². The van der Waals surface area contributed by atoms with Crippen LogP contribution in [0.25, 0.3) is 0 Å². The summed E-state index contributed by atoms with van der Waals surface area (Å²) in [6.07, 6.45) is -4.91. The molecular formula is C5H4F3KO2. The molecular weight excluding hydrogens is 188 g/mol. The number of ketones is 1. The van der Waals surface area contributed by atoms with Gasteiger partial charge < -0.3 is 5.11 Å². The maximum atomic E-state index is 11.3. The van der Waals surface area contributed by atoms with Crippen LogP contribution in [-0.2, 0) is 4.79 Å². The predicted octanol–water partition coefficient (Wildman–Crippen LogP) is -2.61. The van der Waals surface area contributed by atoms with E-state index in [4.69, 9.17) is 0 Å². The molecule has 0 fully saturated rings. The van der Waals surface area contributed by atoms with Crippen LogP contribution in [0.5, 0.6) is 0 Å². The minimum absolute atomic E-state index is 0. The minimum atomic E-state index is -4.92. The SMILES string of the molecule is C/C([O-])=C/C(=O)C(F)(F)F.[K+]. The Morgan fingerprint density at radius 2 is 1.82 bits per heavy atom. The molecule has 0 N–H and O–H groups in total. The Morgan fingerprint density at radius 1 is 1.45 bits per heavy atom. The summed E-state index contributed by atoms with van der Waals surface area (Å²) in [6, 6.07) is 0. The minimum Gasteiger partial charge on any atom is -0.876 e. The van der Waals surface area contributed by atoms with Gasteiger partial charge in [-0.2, -0.15) is 13.2 Å². The van der Waals surface area contributed by atoms with Crippen LogP contribution in [0.3, 0.4) is 0 Å². The van der Waals surface area contributed by atoms with Gasteiger partial charge in [0.05, 0.1) is 0 Å². The number of carbonyl (C=O) groups excluding carboxylic acids is 1. The van der Waals surface area contributed by atoms with Crippen molar-refractivity contribution in [2.45, 2.75) is 13.1 Å². The van der Waals surface area contributed by atoms with Crippen molar-refractivity contribution in [1.82, 2.24) is 0 Å². The quantitative estimate of drug-likeness (QED) is 0.259. The van der Waals surface area contributed by atoms with Gasteiger partial charge in [0.15, 0.2) is 0 Å². The molecule has 0 aliphatic rings. The number of halogens is 3. The van der Waals surface area contributed by atoms with Gasteiger partial charge in [0, 0.05) is 0 Å². The van der Waals surface area contributed by atoms with Crippen molar-refractivity contribution in [3.8, 4) is 0 Å². The van der Waals surface area contributed by atoms with E-state index in [1.165, 1.54) is 0 Å². The fraction of sp³-hybridized carbons (Fsp3) is 0.400. The maximum absolute atomic E-state index is 11.3. The Labute approximate surface area is 104 Å². The van der Waals surface area contributed by atoms with E-state index < -0.39 is 17.7 Å². The zero-order chi connectivity index (χ0) is 8.36. The molecule has 0 bridgehead atoms. The Morgan fingerprint density at radius 3 is 1.91 bits per heavy atom. The Hall–Kier alpha value is 0.636. The smallest absolute Gasteiger partial charge is 0.876 e. The van der Waals surface area contributed by atoms with Crippen LogP contribution in [0, 0.1) is 0 Å². The molecule has 0 aliphatic carbocycles. The summed E-state index contributed by atoms with van der Waals surface area (Å²) in [5.74, 6) is -3.01. The van der Waals surface area contributed by atoms with E-state index in [-0.39, 0.29) is 57.5 Å². The second-order valence-corrected chi connectivity index (χ2v) is 1.62. The number of rotatable bonds is 1. The third-order valence-corrected chi connectivity index (χ3v) is 0.614. The third kappa shape index (κ3) is 7.01. The summed E-state index contributed by atoms with van der Waals surface area (Å²) in [4.78, 5) is 9.87. The average Bonchev–Trinajstić information content (AvgIpc) is 1.60. The van der Waals surface area contributed by atoms with E-state index in [9.17, 15) is 23.1 Å². The molecule has 0 aliphatic heterocycles. The van der Waals surface area contributed by atoms with Gasteiger partial charge in [-0.25, -0.2) is 0 Å². The van der Waals surface area contributed by atoms with Crippen molar-refractivity contribution >= 4 is 5.78 Å². The first kappa shape index (κ1) is 14.2. The molecule has 0 aromatic rings. The summed E-state index contributed by atoms with van der Waals surface area (Å²) < 4.78 is 33.8. The van der Waals surface area contributed by atoms with Gasteiger partial charge in [0.2, 0.25) is 0 Å². The van der Waals surface area contributed by atoms with Crippen LogP contribution >= 0.6 is 0 Å². The molecule has 0 saturated carbocycles. The Kier molecular flexibility index (Phi) is 6.85. The van der Waals surface area contributed by atoms with Crippen LogP contribution < -0.4 is 56.5 Å². The third-order valence-electron chi connectivity index (χ3n) is 0.614. The van der Waals surface area contributed by atoms with E-state index >= 15 is 0 Å². The van der Waals surface area contributed by atoms with Crippen molar-refractivity contribution in [3.05, 3.63) is 11.8 Å². The van der Waals surface area contributed by atoms with E-state index in [1.807, 2.05) is 0 Å². The summed E-state index contributed by atoms with van der Waals surface area (Å²) >= 11 is 0. The molecule has 0 aromatic carbocycles. The van der Waals surface area contributed by atoms with Gasteiger partial charge >= 0.3 is 57.6 Å². The molecule has 11 heavy (non-hydrogen) atoms. The molecule has 2 nitrogen and oxygen atoms in total. The fourth-order valence-electron chi connectivity index (χ4n) is 0.266. The second kappa shape index (κ2) is 5.31. The molecule has 0 rings (SSSR count). The average molecular weight is 192 g/mol. The van der Waals surface area contributed by atoms with Crippen molar-refractivity contribution in [3.63, 3.8) is 0 Å². The first-order chi connectivity index (χ1) is 4.34. The zero-order valence-electron chi connectivity index (χ0n) is 6.03. The monoisotopic (exact) mass is 192 g/mol. The molecule has 0 spiro atoms. The Balaban J connectivity index is 0. The normalized spacial score (nSPS) is 12.2. The first-order valence-electron chi connectivity index (χ1n) is 2.30. The number of hydrogen-bond acceptors (Lipinski definition) is 2. The Bertz CT molecular complexity index is 169. The predicted molar refractivity (Wildman–Crippen MR) is 24.8 cm³/mol. The second-order valence-electron chi connectivity index (χ2n) is 1.62. The summed E-state index contributed by atoms with van der Waals surface area (Å²) in [6.45, 7) is 0.879. The topological polar surface area (TPSA) is 40.1 Å². The van der Waals surface area contributed by atoms with Gasteiger partial charge in [-0.1, -0.05) is 6.92 Å². The molecule has 0 aromatic heterocycles. The molecule has 0 saturated heterocycles. The largest absolute Gasteiger partial charge is 1.00 e. The molecule has 58 valence electrons. The van der Waals surface area contributed by atoms with Gasteiger partial charge in [0.1, 0.15) is 0 Å². The molecule has 0 radical (unpaired) electrons. The fourth-order valence-corrected chi connectivity index (χ4v) is 0.266. The summed E-state index contributed by atoms with van der Waals surface area (Å²) in [5, 5.41) is 9.92. The molecule has 0 heterocycles. The maximum Gasteiger partial charge on any atom is 1.00 e.